The van der Waals surface area contributed by atoms with Crippen molar-refractivity contribution in [3.8, 4) is 0 Å². The van der Waals surface area contributed by atoms with Crippen molar-refractivity contribution in [2.45, 2.75) is 92.3 Å². The zero-order valence-corrected chi connectivity index (χ0v) is 17.5. The number of primary amides is 1. The Balaban J connectivity index is -0.000000341. The van der Waals surface area contributed by atoms with Crippen LogP contribution in [-0.2, 0) is 14.3 Å². The van der Waals surface area contributed by atoms with Gasteiger partial charge in [0, 0.05) is 18.1 Å². The molecule has 7 heteroatoms. The van der Waals surface area contributed by atoms with Gasteiger partial charge in [-0.15, -0.1) is 0 Å². The van der Waals surface area contributed by atoms with E-state index in [0.29, 0.717) is 12.5 Å². The molecule has 0 radical (unpaired) electrons. The molecule has 3 N–H and O–H groups in total. The number of rotatable bonds is 1. The van der Waals surface area contributed by atoms with Gasteiger partial charge in [-0.3, -0.25) is 9.59 Å². The van der Waals surface area contributed by atoms with Gasteiger partial charge in [-0.05, 0) is 61.3 Å². The Morgan fingerprint density at radius 2 is 1.60 bits per heavy atom. The maximum absolute atomic E-state index is 11.6. The lowest BCUT2D eigenvalue weighted by Gasteiger charge is -2.26. The van der Waals surface area contributed by atoms with Crippen LogP contribution in [0.5, 0.6) is 0 Å². The van der Waals surface area contributed by atoms with Gasteiger partial charge < -0.3 is 20.7 Å². The predicted molar refractivity (Wildman–Crippen MR) is 102 cm³/mol. The molecule has 1 heterocycles. The molecule has 0 spiro atoms. The number of nitrogens with two attached hydrogens (primary N) is 1. The van der Waals surface area contributed by atoms with Gasteiger partial charge in [0.25, 0.3) is 0 Å². The Kier molecular flexibility index (Phi) is 16.3. The van der Waals surface area contributed by atoms with Crippen molar-refractivity contribution in [1.29, 1.82) is 0 Å². The van der Waals surface area contributed by atoms with E-state index in [1.165, 1.54) is 0 Å². The van der Waals surface area contributed by atoms with Crippen molar-refractivity contribution in [3.05, 3.63) is 0 Å². The van der Waals surface area contributed by atoms with E-state index in [9.17, 15) is 9.59 Å². The molecule has 1 aliphatic rings. The Morgan fingerprint density at radius 3 is 1.80 bits per heavy atom. The standard InChI is InChI=1S/C10H19NO2.C5H11NO.C2H6.CH3NO/c1-8-6-5-7-11(8)9(12)13-10(2,3)4;1-5(2,3)6-4-7;1-2;2-1-3/h8H,5-7H2,1-4H3;4H,1-3H3,(H,6,7);1-2H3;1H,(H2,2,3). The van der Waals surface area contributed by atoms with Crippen molar-refractivity contribution < 1.29 is 19.1 Å². The van der Waals surface area contributed by atoms with Crippen LogP contribution in [0.3, 0.4) is 0 Å². The number of carbonyl (C=O) groups excluding carboxylic acids is 3. The van der Waals surface area contributed by atoms with Gasteiger partial charge in [-0.1, -0.05) is 13.8 Å². The van der Waals surface area contributed by atoms with Crippen LogP contribution in [-0.4, -0.2) is 47.5 Å². The van der Waals surface area contributed by atoms with Crippen LogP contribution in [0.1, 0.15) is 75.2 Å². The number of amides is 3. The number of hydrogen-bond donors (Lipinski definition) is 2. The highest BCUT2D eigenvalue weighted by Gasteiger charge is 2.28. The van der Waals surface area contributed by atoms with Crippen LogP contribution in [0.4, 0.5) is 4.79 Å². The minimum atomic E-state index is -0.376. The van der Waals surface area contributed by atoms with Gasteiger partial charge in [-0.2, -0.15) is 0 Å². The summed E-state index contributed by atoms with van der Waals surface area (Å²) in [6.07, 6.45) is 2.98. The Hall–Kier alpha value is -1.79. The average molecular weight is 362 g/mol. The third-order valence-corrected chi connectivity index (χ3v) is 2.67. The second-order valence-corrected chi connectivity index (χ2v) is 7.31. The lowest BCUT2D eigenvalue weighted by Crippen LogP contribution is -2.38. The summed E-state index contributed by atoms with van der Waals surface area (Å²) < 4.78 is 5.28. The molecule has 150 valence electrons. The van der Waals surface area contributed by atoms with Crippen LogP contribution >= 0.6 is 0 Å². The van der Waals surface area contributed by atoms with Gasteiger partial charge in [0.15, 0.2) is 0 Å². The Labute approximate surface area is 153 Å². The summed E-state index contributed by atoms with van der Waals surface area (Å²) in [5, 5.41) is 2.60. The second-order valence-electron chi connectivity index (χ2n) is 7.31. The summed E-state index contributed by atoms with van der Waals surface area (Å²) in [7, 11) is 0. The molecule has 0 saturated carbocycles. The number of carbonyl (C=O) groups is 3. The van der Waals surface area contributed by atoms with Gasteiger partial charge in [0.2, 0.25) is 12.8 Å². The molecule has 0 aromatic carbocycles. The zero-order valence-electron chi connectivity index (χ0n) is 17.5. The monoisotopic (exact) mass is 361 g/mol. The second kappa shape index (κ2) is 14.5. The number of nitrogens with one attached hydrogen (secondary N) is 1. The Bertz CT molecular complexity index is 360. The lowest BCUT2D eigenvalue weighted by atomic mass is 10.1. The molecule has 0 aromatic rings. The number of ether oxygens (including phenoxy) is 1. The number of nitrogens with zero attached hydrogens (tertiary/aromatic N) is 1. The normalized spacial score (nSPS) is 15.9. The molecule has 1 unspecified atom stereocenters. The first-order valence-corrected chi connectivity index (χ1v) is 8.74. The van der Waals surface area contributed by atoms with Crippen molar-refractivity contribution in [2.75, 3.05) is 6.54 Å². The summed E-state index contributed by atoms with van der Waals surface area (Å²) in [5.41, 5.74) is 3.72. The topological polar surface area (TPSA) is 102 Å². The highest BCUT2D eigenvalue weighted by atomic mass is 16.6. The molecule has 1 atom stereocenters. The molecule has 1 fully saturated rings. The van der Waals surface area contributed by atoms with Crippen molar-refractivity contribution in [3.63, 3.8) is 0 Å². The first-order valence-electron chi connectivity index (χ1n) is 8.74. The summed E-state index contributed by atoms with van der Waals surface area (Å²) in [6, 6.07) is 0.342. The molecular weight excluding hydrogens is 322 g/mol. The molecule has 1 rings (SSSR count). The summed E-state index contributed by atoms with van der Waals surface area (Å²) in [5.74, 6) is 0. The van der Waals surface area contributed by atoms with E-state index in [2.05, 4.69) is 18.0 Å². The summed E-state index contributed by atoms with van der Waals surface area (Å²) in [6.45, 7) is 18.4. The SMILES string of the molecule is CC.CC(C)(C)NC=O.CC1CCCN1C(=O)OC(C)(C)C.NC=O. The summed E-state index contributed by atoms with van der Waals surface area (Å²) >= 11 is 0. The Morgan fingerprint density at radius 1 is 1.16 bits per heavy atom. The molecule has 3 amide bonds. The zero-order chi connectivity index (χ0) is 20.7. The maximum atomic E-state index is 11.6. The summed E-state index contributed by atoms with van der Waals surface area (Å²) in [4.78, 5) is 31.7. The van der Waals surface area contributed by atoms with Crippen LogP contribution in [0, 0.1) is 0 Å². The minimum Gasteiger partial charge on any atom is -0.444 e. The lowest BCUT2D eigenvalue weighted by molar-refractivity contribution is -0.110. The van der Waals surface area contributed by atoms with Gasteiger partial charge >= 0.3 is 6.09 Å². The van der Waals surface area contributed by atoms with Crippen LogP contribution < -0.4 is 11.1 Å². The third-order valence-electron chi connectivity index (χ3n) is 2.67. The fraction of sp³-hybridized carbons (Fsp3) is 0.833. The van der Waals surface area contributed by atoms with E-state index in [-0.39, 0.29) is 23.6 Å². The van der Waals surface area contributed by atoms with Gasteiger partial charge in [0.05, 0.1) is 0 Å². The van der Waals surface area contributed by atoms with Crippen LogP contribution in [0.15, 0.2) is 0 Å². The van der Waals surface area contributed by atoms with Crippen LogP contribution in [0.25, 0.3) is 0 Å². The van der Waals surface area contributed by atoms with Crippen molar-refractivity contribution in [1.82, 2.24) is 10.2 Å². The largest absolute Gasteiger partial charge is 0.444 e. The van der Waals surface area contributed by atoms with E-state index in [1.807, 2.05) is 60.3 Å². The van der Waals surface area contributed by atoms with E-state index < -0.39 is 0 Å². The number of likely N-dealkylation sites (tertiary alicyclic amines) is 1. The van der Waals surface area contributed by atoms with E-state index >= 15 is 0 Å². The highest BCUT2D eigenvalue weighted by molar-refractivity contribution is 5.68. The molecule has 0 aromatic heterocycles. The molecule has 0 bridgehead atoms. The molecular formula is C18H39N3O4. The fourth-order valence-corrected chi connectivity index (χ4v) is 1.70. The van der Waals surface area contributed by atoms with Gasteiger partial charge in [-0.25, -0.2) is 4.79 Å². The van der Waals surface area contributed by atoms with Gasteiger partial charge in [0.1, 0.15) is 5.60 Å². The molecule has 25 heavy (non-hydrogen) atoms. The molecule has 0 aliphatic carbocycles. The predicted octanol–water partition coefficient (Wildman–Crippen LogP) is 3.06. The van der Waals surface area contributed by atoms with Crippen LogP contribution in [0.2, 0.25) is 0 Å². The van der Waals surface area contributed by atoms with Crippen molar-refractivity contribution in [2.24, 2.45) is 5.73 Å². The number of hydrogen-bond acceptors (Lipinski definition) is 4. The quantitative estimate of drug-likeness (QED) is 0.701. The van der Waals surface area contributed by atoms with E-state index in [1.54, 1.807) is 0 Å². The molecule has 1 aliphatic heterocycles. The van der Waals surface area contributed by atoms with E-state index in [0.717, 1.165) is 19.4 Å². The fourth-order valence-electron chi connectivity index (χ4n) is 1.70. The minimum absolute atomic E-state index is 0.0677. The highest BCUT2D eigenvalue weighted by Crippen LogP contribution is 2.19. The molecule has 7 nitrogen and oxygen atoms in total. The smallest absolute Gasteiger partial charge is 0.410 e. The average Bonchev–Trinajstić information content (AvgIpc) is 2.86. The van der Waals surface area contributed by atoms with Crippen molar-refractivity contribution >= 4 is 18.9 Å². The first kappa shape index (κ1) is 28.0. The first-order chi connectivity index (χ1) is 11.4. The molecule has 1 saturated heterocycles. The van der Waals surface area contributed by atoms with E-state index in [4.69, 9.17) is 9.53 Å². The third kappa shape index (κ3) is 20.2. The maximum Gasteiger partial charge on any atom is 0.410 e.